The summed E-state index contributed by atoms with van der Waals surface area (Å²) < 4.78 is 3.01. The summed E-state index contributed by atoms with van der Waals surface area (Å²) in [6.45, 7) is 17.1. The molecule has 0 radical (unpaired) electrons. The highest BCUT2D eigenvalue weighted by Crippen LogP contribution is 2.59. The molecule has 200 valence electrons. The molecule has 1 heterocycles. The zero-order chi connectivity index (χ0) is 26.8. The number of rotatable bonds is 4. The fourth-order valence-corrected chi connectivity index (χ4v) is 13.4. The van der Waals surface area contributed by atoms with Gasteiger partial charge >= 0.3 is 0 Å². The number of nitrogens with one attached hydrogen (secondary N) is 1. The highest BCUT2D eigenvalue weighted by molar-refractivity contribution is 6.76. The molecule has 6 rings (SSSR count). The maximum atomic E-state index is 4.19. The van der Waals surface area contributed by atoms with Crippen molar-refractivity contribution in [3.8, 4) is 0 Å². The summed E-state index contributed by atoms with van der Waals surface area (Å²) in [7, 11) is -1.93. The molecule has 2 fully saturated rings. The van der Waals surface area contributed by atoms with Crippen molar-refractivity contribution < 1.29 is 0 Å². The molecule has 0 amide bonds. The summed E-state index contributed by atoms with van der Waals surface area (Å²) in [5, 5.41) is 4.19. The summed E-state index contributed by atoms with van der Waals surface area (Å²) >= 11 is 0. The molecular weight excluding hydrogens is 476 g/mol. The second-order valence-electron chi connectivity index (χ2n) is 14.1. The van der Waals surface area contributed by atoms with Crippen LogP contribution in [-0.4, -0.2) is 31.1 Å². The number of hydrogen-bond acceptors (Lipinski definition) is 2. The lowest BCUT2D eigenvalue weighted by Crippen LogP contribution is -2.61. The van der Waals surface area contributed by atoms with E-state index in [-0.39, 0.29) is 5.41 Å². The SMILES string of the molecule is CC(C)[C@H]1NC2C(c3ccc(C(C)(C)C)cc3)=CC=C[C@H]2N1[Si](C)(C)C1C2C=CC=CC2C2C=CC=CC21. The minimum absolute atomic E-state index is 0.172. The lowest BCUT2D eigenvalue weighted by atomic mass is 9.83. The van der Waals surface area contributed by atoms with Crippen LogP contribution in [0.1, 0.15) is 45.7 Å². The molecule has 4 aliphatic carbocycles. The Kier molecular flexibility index (Phi) is 6.49. The molecule has 2 nitrogen and oxygen atoms in total. The summed E-state index contributed by atoms with van der Waals surface area (Å²) in [6, 6.07) is 10.1. The average molecular weight is 523 g/mol. The van der Waals surface area contributed by atoms with E-state index in [4.69, 9.17) is 0 Å². The van der Waals surface area contributed by atoms with Crippen molar-refractivity contribution in [1.82, 2.24) is 9.88 Å². The smallest absolute Gasteiger partial charge is 0.129 e. The lowest BCUT2D eigenvalue weighted by Gasteiger charge is -2.49. The predicted molar refractivity (Wildman–Crippen MR) is 165 cm³/mol. The van der Waals surface area contributed by atoms with Crippen LogP contribution in [0, 0.1) is 29.6 Å². The third-order valence-electron chi connectivity index (χ3n) is 10.1. The first-order valence-electron chi connectivity index (χ1n) is 14.8. The second kappa shape index (κ2) is 9.47. The normalized spacial score (nSPS) is 35.9. The molecule has 3 heteroatoms. The molecule has 1 saturated carbocycles. The van der Waals surface area contributed by atoms with Crippen LogP contribution in [0.5, 0.6) is 0 Å². The van der Waals surface area contributed by atoms with E-state index in [0.717, 1.165) is 0 Å². The Hall–Kier alpha value is -2.20. The fraction of sp³-hybridized carbons (Fsp3) is 0.486. The monoisotopic (exact) mass is 522 g/mol. The number of fused-ring (bicyclic) bond motifs is 4. The van der Waals surface area contributed by atoms with Gasteiger partial charge < -0.3 is 4.57 Å². The van der Waals surface area contributed by atoms with E-state index in [1.807, 2.05) is 0 Å². The summed E-state index contributed by atoms with van der Waals surface area (Å²) in [5.74, 6) is 3.06. The second-order valence-corrected chi connectivity index (χ2v) is 18.6. The van der Waals surface area contributed by atoms with Crippen LogP contribution in [0.2, 0.25) is 18.6 Å². The molecule has 0 aromatic heterocycles. The van der Waals surface area contributed by atoms with Crippen LogP contribution in [0.3, 0.4) is 0 Å². The molecule has 1 aromatic rings. The largest absolute Gasteiger partial charge is 0.301 e. The Bertz CT molecular complexity index is 1200. The molecule has 1 saturated heterocycles. The topological polar surface area (TPSA) is 15.3 Å². The molecule has 0 spiro atoms. The molecule has 0 bridgehead atoms. The van der Waals surface area contributed by atoms with Crippen molar-refractivity contribution >= 4 is 13.8 Å². The molecule has 5 unspecified atom stereocenters. The summed E-state index contributed by atoms with van der Waals surface area (Å²) in [5.41, 5.74) is 5.06. The van der Waals surface area contributed by atoms with Crippen molar-refractivity contribution in [2.24, 2.45) is 29.6 Å². The highest BCUT2D eigenvalue weighted by atomic mass is 28.3. The third-order valence-corrected chi connectivity index (χ3v) is 14.5. The molecule has 5 aliphatic rings. The van der Waals surface area contributed by atoms with Gasteiger partial charge in [-0.1, -0.05) is 139 Å². The van der Waals surface area contributed by atoms with Crippen LogP contribution >= 0.6 is 0 Å². The predicted octanol–water partition coefficient (Wildman–Crippen LogP) is 7.87. The first-order chi connectivity index (χ1) is 18.1. The Morgan fingerprint density at radius 2 is 1.32 bits per heavy atom. The first-order valence-corrected chi connectivity index (χ1v) is 17.9. The van der Waals surface area contributed by atoms with E-state index in [1.165, 1.54) is 16.7 Å². The Morgan fingerprint density at radius 3 is 1.84 bits per heavy atom. The minimum atomic E-state index is -1.93. The quantitative estimate of drug-likeness (QED) is 0.405. The van der Waals surface area contributed by atoms with E-state index in [1.54, 1.807) is 0 Å². The fourth-order valence-electron chi connectivity index (χ4n) is 8.40. The first kappa shape index (κ1) is 26.0. The van der Waals surface area contributed by atoms with Crippen LogP contribution in [0.25, 0.3) is 5.57 Å². The van der Waals surface area contributed by atoms with Gasteiger partial charge in [0.15, 0.2) is 0 Å². The van der Waals surface area contributed by atoms with Gasteiger partial charge in [-0.05, 0) is 57.2 Å². The number of allylic oxidation sites excluding steroid dienone is 10. The van der Waals surface area contributed by atoms with Gasteiger partial charge in [0.05, 0.1) is 12.2 Å². The van der Waals surface area contributed by atoms with Crippen molar-refractivity contribution in [2.45, 2.75) is 76.9 Å². The number of nitrogens with zero attached hydrogens (tertiary/aromatic N) is 1. The standard InChI is InChI=1S/C35H46N2Si/c1-23(2)34-36-32-26(24-19-21-25(22-20-24)35(3,4)5)17-12-18-31(32)37(34)38(6,7)33-29-15-10-8-13-27(29)28-14-9-11-16-30(28)33/h8-23,27-34,36H,1-7H3/t27?,28?,29?,30?,31-,32?,33?,34+/m1/s1. The van der Waals surface area contributed by atoms with E-state index in [9.17, 15) is 0 Å². The van der Waals surface area contributed by atoms with Crippen LogP contribution < -0.4 is 5.32 Å². The third kappa shape index (κ3) is 4.13. The van der Waals surface area contributed by atoms with Gasteiger partial charge in [0.25, 0.3) is 0 Å². The lowest BCUT2D eigenvalue weighted by molar-refractivity contribution is 0.258. The van der Waals surface area contributed by atoms with Gasteiger partial charge in [0, 0.05) is 6.04 Å². The van der Waals surface area contributed by atoms with E-state index >= 15 is 0 Å². The van der Waals surface area contributed by atoms with E-state index in [2.05, 4.69) is 149 Å². The zero-order valence-corrected chi connectivity index (χ0v) is 25.3. The van der Waals surface area contributed by atoms with Gasteiger partial charge in [-0.2, -0.15) is 0 Å². The highest BCUT2D eigenvalue weighted by Gasteiger charge is 2.59. The van der Waals surface area contributed by atoms with Gasteiger partial charge in [-0.3, -0.25) is 5.32 Å². The maximum absolute atomic E-state index is 4.19. The molecule has 1 aromatic carbocycles. The van der Waals surface area contributed by atoms with Gasteiger partial charge in [0.1, 0.15) is 8.24 Å². The van der Waals surface area contributed by atoms with E-state index < -0.39 is 8.24 Å². The Balaban J connectivity index is 1.36. The van der Waals surface area contributed by atoms with Crippen molar-refractivity contribution in [3.05, 3.63) is 102 Å². The Labute approximate surface area is 232 Å². The van der Waals surface area contributed by atoms with Crippen molar-refractivity contribution in [1.29, 1.82) is 0 Å². The average Bonchev–Trinajstić information content (AvgIpc) is 3.46. The van der Waals surface area contributed by atoms with Crippen LogP contribution in [0.15, 0.2) is 91.1 Å². The van der Waals surface area contributed by atoms with Gasteiger partial charge in [-0.15, -0.1) is 0 Å². The molecule has 38 heavy (non-hydrogen) atoms. The zero-order valence-electron chi connectivity index (χ0n) is 24.3. The van der Waals surface area contributed by atoms with Gasteiger partial charge in [-0.25, -0.2) is 0 Å². The summed E-state index contributed by atoms with van der Waals surface area (Å²) in [4.78, 5) is 0. The van der Waals surface area contributed by atoms with Crippen LogP contribution in [-0.2, 0) is 5.41 Å². The number of hydrogen-bond donors (Lipinski definition) is 1. The molecule has 7 atom stereocenters. The molecule has 1 N–H and O–H groups in total. The molecular formula is C35H46N2Si. The Morgan fingerprint density at radius 1 is 0.763 bits per heavy atom. The molecule has 1 aliphatic heterocycles. The van der Waals surface area contributed by atoms with Crippen LogP contribution in [0.4, 0.5) is 0 Å². The maximum Gasteiger partial charge on any atom is 0.129 e. The van der Waals surface area contributed by atoms with Crippen molar-refractivity contribution in [2.75, 3.05) is 0 Å². The van der Waals surface area contributed by atoms with Gasteiger partial charge in [0.2, 0.25) is 0 Å². The minimum Gasteiger partial charge on any atom is -0.301 e. The number of benzene rings is 1. The summed E-state index contributed by atoms with van der Waals surface area (Å²) in [6.07, 6.45) is 26.9. The van der Waals surface area contributed by atoms with Crippen molar-refractivity contribution in [3.63, 3.8) is 0 Å². The van der Waals surface area contributed by atoms with E-state index in [0.29, 0.717) is 53.4 Å².